The van der Waals surface area contributed by atoms with Gasteiger partial charge in [0.2, 0.25) is 5.95 Å². The molecule has 1 heterocycles. The summed E-state index contributed by atoms with van der Waals surface area (Å²) in [6.45, 7) is 0. The number of benzene rings is 1. The molecule has 0 aliphatic carbocycles. The van der Waals surface area contributed by atoms with E-state index in [0.29, 0.717) is 16.0 Å². The second-order valence-corrected chi connectivity index (χ2v) is 4.18. The minimum absolute atomic E-state index is 0.00983. The molecule has 0 unspecified atom stereocenters. The fourth-order valence-electron chi connectivity index (χ4n) is 1.24. The van der Waals surface area contributed by atoms with Gasteiger partial charge in [-0.3, -0.25) is 10.1 Å². The van der Waals surface area contributed by atoms with E-state index in [1.54, 1.807) is 19.2 Å². The molecular formula is C10H9BrN4O2. The van der Waals surface area contributed by atoms with Gasteiger partial charge in [-0.05, 0) is 34.1 Å². The largest absolute Gasteiger partial charge is 0.507 e. The average Bonchev–Trinajstić information content (AvgIpc) is 2.68. The topological polar surface area (TPSA) is 80.0 Å². The number of carbonyl (C=O) groups is 1. The van der Waals surface area contributed by atoms with Crippen molar-refractivity contribution in [3.8, 4) is 5.75 Å². The maximum absolute atomic E-state index is 11.8. The Morgan fingerprint density at radius 1 is 1.53 bits per heavy atom. The lowest BCUT2D eigenvalue weighted by atomic mass is 10.2. The Morgan fingerprint density at radius 3 is 2.88 bits per heavy atom. The van der Waals surface area contributed by atoms with E-state index in [-0.39, 0.29) is 11.7 Å². The molecule has 0 atom stereocenters. The third-order valence-electron chi connectivity index (χ3n) is 2.15. The van der Waals surface area contributed by atoms with E-state index in [2.05, 4.69) is 31.3 Å². The summed E-state index contributed by atoms with van der Waals surface area (Å²) in [7, 11) is 1.67. The van der Waals surface area contributed by atoms with Crippen molar-refractivity contribution in [3.63, 3.8) is 0 Å². The normalized spacial score (nSPS) is 10.2. The van der Waals surface area contributed by atoms with Gasteiger partial charge < -0.3 is 5.11 Å². The van der Waals surface area contributed by atoms with Gasteiger partial charge in [0.25, 0.3) is 5.91 Å². The molecule has 1 amide bonds. The van der Waals surface area contributed by atoms with Gasteiger partial charge in [0.05, 0.1) is 4.47 Å². The fourth-order valence-corrected chi connectivity index (χ4v) is 1.48. The summed E-state index contributed by atoms with van der Waals surface area (Å²) < 4.78 is 1.98. The third-order valence-corrected chi connectivity index (χ3v) is 2.82. The molecule has 0 saturated heterocycles. The highest BCUT2D eigenvalue weighted by molar-refractivity contribution is 9.10. The number of phenols is 1. The lowest BCUT2D eigenvalue weighted by Gasteiger charge is -2.04. The second-order valence-electron chi connectivity index (χ2n) is 3.33. The van der Waals surface area contributed by atoms with Crippen molar-refractivity contribution in [1.29, 1.82) is 0 Å². The summed E-state index contributed by atoms with van der Waals surface area (Å²) in [6.07, 6.45) is 1.34. The first-order valence-corrected chi connectivity index (χ1v) is 5.51. The Hall–Kier alpha value is -1.89. The van der Waals surface area contributed by atoms with Crippen molar-refractivity contribution < 1.29 is 9.90 Å². The molecule has 0 aliphatic heterocycles. The highest BCUT2D eigenvalue weighted by Crippen LogP contribution is 2.24. The molecular weight excluding hydrogens is 288 g/mol. The first-order valence-electron chi connectivity index (χ1n) is 4.72. The molecule has 88 valence electrons. The fraction of sp³-hybridized carbons (Fsp3) is 0.100. The molecule has 17 heavy (non-hydrogen) atoms. The smallest absolute Gasteiger partial charge is 0.258 e. The molecule has 2 aromatic rings. The molecule has 1 aromatic heterocycles. The number of hydrogen-bond donors (Lipinski definition) is 2. The summed E-state index contributed by atoms with van der Waals surface area (Å²) in [5.74, 6) is -0.00285. The highest BCUT2D eigenvalue weighted by atomic mass is 79.9. The summed E-state index contributed by atoms with van der Waals surface area (Å²) in [5.41, 5.74) is 0.341. The van der Waals surface area contributed by atoms with Crippen LogP contribution < -0.4 is 5.32 Å². The van der Waals surface area contributed by atoms with Crippen molar-refractivity contribution in [3.05, 3.63) is 34.6 Å². The summed E-state index contributed by atoms with van der Waals surface area (Å²) in [5, 5.41) is 15.9. The molecule has 2 N–H and O–H groups in total. The zero-order valence-electron chi connectivity index (χ0n) is 8.88. The molecule has 0 fully saturated rings. The molecule has 2 rings (SSSR count). The molecule has 0 saturated carbocycles. The van der Waals surface area contributed by atoms with E-state index in [0.717, 1.165) is 0 Å². The predicted octanol–water partition coefficient (Wildman–Crippen LogP) is 1.54. The van der Waals surface area contributed by atoms with Gasteiger partial charge in [0, 0.05) is 12.6 Å². The van der Waals surface area contributed by atoms with Crippen LogP contribution in [0, 0.1) is 0 Å². The lowest BCUT2D eigenvalue weighted by molar-refractivity contribution is 0.102. The third kappa shape index (κ3) is 2.44. The van der Waals surface area contributed by atoms with Crippen LogP contribution in [0.25, 0.3) is 0 Å². The Kier molecular flexibility index (Phi) is 3.10. The SMILES string of the molecule is Cn1ncnc1NC(=O)c1ccc(Br)c(O)c1. The van der Waals surface area contributed by atoms with Crippen molar-refractivity contribution >= 4 is 27.8 Å². The number of hydrogen-bond acceptors (Lipinski definition) is 4. The number of nitrogens with one attached hydrogen (secondary N) is 1. The zero-order valence-corrected chi connectivity index (χ0v) is 10.5. The van der Waals surface area contributed by atoms with E-state index < -0.39 is 0 Å². The molecule has 0 aliphatic rings. The van der Waals surface area contributed by atoms with Gasteiger partial charge in [0.15, 0.2) is 0 Å². The van der Waals surface area contributed by atoms with Gasteiger partial charge in [0.1, 0.15) is 12.1 Å². The number of carbonyl (C=O) groups excluding carboxylic acids is 1. The average molecular weight is 297 g/mol. The van der Waals surface area contributed by atoms with Crippen LogP contribution in [0.1, 0.15) is 10.4 Å². The molecule has 6 nitrogen and oxygen atoms in total. The molecule has 0 radical (unpaired) electrons. The summed E-state index contributed by atoms with van der Waals surface area (Å²) >= 11 is 3.14. The first kappa shape index (κ1) is 11.6. The number of rotatable bonds is 2. The van der Waals surface area contributed by atoms with Crippen molar-refractivity contribution in [2.45, 2.75) is 0 Å². The monoisotopic (exact) mass is 296 g/mol. The van der Waals surface area contributed by atoms with Gasteiger partial charge in [-0.2, -0.15) is 10.1 Å². The van der Waals surface area contributed by atoms with Gasteiger partial charge in [-0.25, -0.2) is 4.68 Å². The number of phenolic OH excluding ortho intramolecular Hbond substituents is 1. The highest BCUT2D eigenvalue weighted by Gasteiger charge is 2.10. The quantitative estimate of drug-likeness (QED) is 0.881. The van der Waals surface area contributed by atoms with Crippen molar-refractivity contribution in [2.75, 3.05) is 5.32 Å². The van der Waals surface area contributed by atoms with Crippen LogP contribution in [-0.4, -0.2) is 25.8 Å². The molecule has 0 spiro atoms. The number of aromatic hydroxyl groups is 1. The molecule has 1 aromatic carbocycles. The van der Waals surface area contributed by atoms with Crippen molar-refractivity contribution in [2.24, 2.45) is 7.05 Å². The lowest BCUT2D eigenvalue weighted by Crippen LogP contribution is -2.15. The Balaban J connectivity index is 2.20. The van der Waals surface area contributed by atoms with E-state index >= 15 is 0 Å². The Labute approximate surface area is 105 Å². The van der Waals surface area contributed by atoms with Crippen LogP contribution in [-0.2, 0) is 7.05 Å². The number of aryl methyl sites for hydroxylation is 1. The summed E-state index contributed by atoms with van der Waals surface area (Å²) in [6, 6.07) is 4.56. The second kappa shape index (κ2) is 4.54. The maximum atomic E-state index is 11.8. The van der Waals surface area contributed by atoms with E-state index in [9.17, 15) is 9.90 Å². The summed E-state index contributed by atoms with van der Waals surface area (Å²) in [4.78, 5) is 15.7. The van der Waals surface area contributed by atoms with E-state index in [4.69, 9.17) is 0 Å². The molecule has 0 bridgehead atoms. The van der Waals surface area contributed by atoms with Crippen LogP contribution in [0.2, 0.25) is 0 Å². The van der Waals surface area contributed by atoms with Gasteiger partial charge >= 0.3 is 0 Å². The van der Waals surface area contributed by atoms with Crippen LogP contribution in [0.3, 0.4) is 0 Å². The standard InChI is InChI=1S/C10H9BrN4O2/c1-15-10(12-5-13-15)14-9(17)6-2-3-7(11)8(16)4-6/h2-5,16H,1H3,(H,12,13,14,17). The van der Waals surface area contributed by atoms with Gasteiger partial charge in [-0.15, -0.1) is 0 Å². The zero-order chi connectivity index (χ0) is 12.4. The molecule has 7 heteroatoms. The van der Waals surface area contributed by atoms with Crippen LogP contribution in [0.4, 0.5) is 5.95 Å². The number of nitrogens with zero attached hydrogens (tertiary/aromatic N) is 3. The van der Waals surface area contributed by atoms with Crippen LogP contribution in [0.5, 0.6) is 5.75 Å². The minimum Gasteiger partial charge on any atom is -0.507 e. The Bertz CT molecular complexity index is 567. The van der Waals surface area contributed by atoms with Crippen molar-refractivity contribution in [1.82, 2.24) is 14.8 Å². The minimum atomic E-state index is -0.357. The predicted molar refractivity (Wildman–Crippen MR) is 64.8 cm³/mol. The van der Waals surface area contributed by atoms with Crippen LogP contribution in [0.15, 0.2) is 29.0 Å². The van der Waals surface area contributed by atoms with Gasteiger partial charge in [-0.1, -0.05) is 0 Å². The first-order chi connectivity index (χ1) is 8.08. The number of halogens is 1. The van der Waals surface area contributed by atoms with Crippen LogP contribution >= 0.6 is 15.9 Å². The van der Waals surface area contributed by atoms with E-state index in [1.807, 2.05) is 0 Å². The van der Waals surface area contributed by atoms with E-state index in [1.165, 1.54) is 17.1 Å². The number of anilines is 1. The number of amides is 1. The number of aromatic nitrogens is 3. The maximum Gasteiger partial charge on any atom is 0.258 e. The Morgan fingerprint density at radius 2 is 2.29 bits per heavy atom.